The molecule has 0 aromatic carbocycles. The van der Waals surface area contributed by atoms with Gasteiger partial charge in [0.1, 0.15) is 5.82 Å². The van der Waals surface area contributed by atoms with Gasteiger partial charge in [0.25, 0.3) is 0 Å². The van der Waals surface area contributed by atoms with Crippen molar-refractivity contribution in [3.8, 4) is 0 Å². The van der Waals surface area contributed by atoms with Crippen LogP contribution in [0.5, 0.6) is 0 Å². The molecule has 1 aromatic rings. The normalized spacial score (nSPS) is 9.69. The lowest BCUT2D eigenvalue weighted by molar-refractivity contribution is -0.140. The van der Waals surface area contributed by atoms with E-state index >= 15 is 0 Å². The van der Waals surface area contributed by atoms with Gasteiger partial charge in [-0.05, 0) is 18.1 Å². The van der Waals surface area contributed by atoms with Gasteiger partial charge in [0.05, 0.1) is 13.3 Å². The lowest BCUT2D eigenvalue weighted by Gasteiger charge is -1.99. The molecule has 0 N–H and O–H groups in total. The van der Waals surface area contributed by atoms with E-state index in [0.717, 1.165) is 6.20 Å². The first-order valence-corrected chi connectivity index (χ1v) is 3.88. The van der Waals surface area contributed by atoms with Crippen molar-refractivity contribution in [2.24, 2.45) is 0 Å². The fourth-order valence-corrected chi connectivity index (χ4v) is 0.941. The van der Waals surface area contributed by atoms with E-state index in [1.807, 2.05) is 0 Å². The van der Waals surface area contributed by atoms with E-state index in [-0.39, 0.29) is 18.2 Å². The molecule has 70 valence electrons. The number of aryl methyl sites for hydroxylation is 1. The third kappa shape index (κ3) is 3.19. The molecule has 0 aliphatic heterocycles. The molecule has 4 heteroatoms. The number of carbonyl (C=O) groups excluding carboxylic acids is 1. The standard InChI is InChI=1S/C9H10FNO2/c1-13-9(12)3-2-7-4-8(10)6-11-5-7/h4-6H,2-3H2,1H3. The molecule has 0 radical (unpaired) electrons. The Kier molecular flexibility index (Phi) is 3.37. The number of hydrogen-bond acceptors (Lipinski definition) is 3. The number of carbonyl (C=O) groups is 1. The second-order valence-corrected chi connectivity index (χ2v) is 2.59. The van der Waals surface area contributed by atoms with E-state index in [9.17, 15) is 9.18 Å². The van der Waals surface area contributed by atoms with Crippen LogP contribution >= 0.6 is 0 Å². The van der Waals surface area contributed by atoms with Gasteiger partial charge in [0, 0.05) is 12.6 Å². The minimum Gasteiger partial charge on any atom is -0.469 e. The van der Waals surface area contributed by atoms with Gasteiger partial charge in [0.15, 0.2) is 0 Å². The first-order valence-electron chi connectivity index (χ1n) is 3.88. The molecule has 0 saturated carbocycles. The summed E-state index contributed by atoms with van der Waals surface area (Å²) in [6.45, 7) is 0. The average molecular weight is 183 g/mol. The predicted octanol–water partition coefficient (Wildman–Crippen LogP) is 1.33. The Labute approximate surface area is 75.6 Å². The van der Waals surface area contributed by atoms with Crippen LogP contribution in [0, 0.1) is 5.82 Å². The highest BCUT2D eigenvalue weighted by atomic mass is 19.1. The molecule has 0 atom stereocenters. The summed E-state index contributed by atoms with van der Waals surface area (Å²) < 4.78 is 17.0. The molecule has 0 fully saturated rings. The monoisotopic (exact) mass is 183 g/mol. The van der Waals surface area contributed by atoms with Gasteiger partial charge in [-0.3, -0.25) is 9.78 Å². The Balaban J connectivity index is 2.50. The highest BCUT2D eigenvalue weighted by Gasteiger charge is 2.02. The molecule has 0 spiro atoms. The molecule has 0 aliphatic carbocycles. The second-order valence-electron chi connectivity index (χ2n) is 2.59. The maximum Gasteiger partial charge on any atom is 0.305 e. The van der Waals surface area contributed by atoms with Crippen LogP contribution in [0.2, 0.25) is 0 Å². The van der Waals surface area contributed by atoms with E-state index < -0.39 is 0 Å². The van der Waals surface area contributed by atoms with Gasteiger partial charge >= 0.3 is 5.97 Å². The summed E-state index contributed by atoms with van der Waals surface area (Å²) in [5.74, 6) is -0.688. The van der Waals surface area contributed by atoms with Crippen LogP contribution in [0.15, 0.2) is 18.5 Å². The van der Waals surface area contributed by atoms with E-state index in [1.165, 1.54) is 19.4 Å². The zero-order valence-corrected chi connectivity index (χ0v) is 7.29. The lowest BCUT2D eigenvalue weighted by Crippen LogP contribution is -2.02. The average Bonchev–Trinajstić information content (AvgIpc) is 2.14. The zero-order valence-electron chi connectivity index (χ0n) is 7.29. The molecular weight excluding hydrogens is 173 g/mol. The van der Waals surface area contributed by atoms with Crippen molar-refractivity contribution in [1.82, 2.24) is 4.98 Å². The molecule has 0 saturated heterocycles. The summed E-state index contributed by atoms with van der Waals surface area (Å²) in [5, 5.41) is 0. The number of halogens is 1. The van der Waals surface area contributed by atoms with Crippen molar-refractivity contribution in [2.45, 2.75) is 12.8 Å². The van der Waals surface area contributed by atoms with Crippen LogP contribution in [0.1, 0.15) is 12.0 Å². The summed E-state index contributed by atoms with van der Waals surface area (Å²) >= 11 is 0. The van der Waals surface area contributed by atoms with Crippen molar-refractivity contribution in [1.29, 1.82) is 0 Å². The maximum atomic E-state index is 12.6. The third-order valence-corrected chi connectivity index (χ3v) is 1.61. The van der Waals surface area contributed by atoms with E-state index in [4.69, 9.17) is 0 Å². The maximum absolute atomic E-state index is 12.6. The molecule has 0 aliphatic rings. The molecule has 0 unspecified atom stereocenters. The lowest BCUT2D eigenvalue weighted by atomic mass is 10.1. The number of methoxy groups -OCH3 is 1. The first-order chi connectivity index (χ1) is 6.22. The fourth-order valence-electron chi connectivity index (χ4n) is 0.941. The topological polar surface area (TPSA) is 39.2 Å². The molecule has 13 heavy (non-hydrogen) atoms. The number of aromatic nitrogens is 1. The van der Waals surface area contributed by atoms with Crippen molar-refractivity contribution < 1.29 is 13.9 Å². The van der Waals surface area contributed by atoms with Crippen LogP contribution in [0.4, 0.5) is 4.39 Å². The predicted molar refractivity (Wildman–Crippen MR) is 44.5 cm³/mol. The Hall–Kier alpha value is -1.45. The molecular formula is C9H10FNO2. The SMILES string of the molecule is COC(=O)CCc1cncc(F)c1. The van der Waals surface area contributed by atoms with Crippen LogP contribution < -0.4 is 0 Å². The number of hydrogen-bond donors (Lipinski definition) is 0. The van der Waals surface area contributed by atoms with E-state index in [1.54, 1.807) is 0 Å². The van der Waals surface area contributed by atoms with Crippen molar-refractivity contribution in [2.75, 3.05) is 7.11 Å². The molecule has 3 nitrogen and oxygen atoms in total. The Bertz CT molecular complexity index is 301. The Morgan fingerprint density at radius 3 is 3.00 bits per heavy atom. The molecule has 1 rings (SSSR count). The smallest absolute Gasteiger partial charge is 0.305 e. The summed E-state index contributed by atoms with van der Waals surface area (Å²) in [6.07, 6.45) is 3.37. The van der Waals surface area contributed by atoms with Crippen molar-refractivity contribution >= 4 is 5.97 Å². The number of pyridine rings is 1. The van der Waals surface area contributed by atoms with Crippen molar-refractivity contribution in [3.63, 3.8) is 0 Å². The minimum absolute atomic E-state index is 0.252. The Morgan fingerprint density at radius 2 is 2.38 bits per heavy atom. The summed E-state index contributed by atoms with van der Waals surface area (Å²) in [4.78, 5) is 14.4. The summed E-state index contributed by atoms with van der Waals surface area (Å²) in [5.41, 5.74) is 0.699. The molecule has 0 amide bonds. The number of nitrogens with zero attached hydrogens (tertiary/aromatic N) is 1. The summed E-state index contributed by atoms with van der Waals surface area (Å²) in [6, 6.07) is 1.36. The quantitative estimate of drug-likeness (QED) is 0.663. The van der Waals surface area contributed by atoms with Gasteiger partial charge in [-0.2, -0.15) is 0 Å². The molecule has 1 heterocycles. The minimum atomic E-state index is -0.387. The number of esters is 1. The van der Waals surface area contributed by atoms with Gasteiger partial charge in [0.2, 0.25) is 0 Å². The molecule has 1 aromatic heterocycles. The number of rotatable bonds is 3. The van der Waals surface area contributed by atoms with Crippen LogP contribution in [-0.2, 0) is 16.0 Å². The van der Waals surface area contributed by atoms with Gasteiger partial charge in [-0.15, -0.1) is 0 Å². The largest absolute Gasteiger partial charge is 0.469 e. The second kappa shape index (κ2) is 4.54. The molecule has 0 bridgehead atoms. The first kappa shape index (κ1) is 9.64. The van der Waals surface area contributed by atoms with Gasteiger partial charge in [-0.25, -0.2) is 4.39 Å². The fraction of sp³-hybridized carbons (Fsp3) is 0.333. The zero-order chi connectivity index (χ0) is 9.68. The van der Waals surface area contributed by atoms with Crippen LogP contribution in [0.3, 0.4) is 0 Å². The van der Waals surface area contributed by atoms with Crippen molar-refractivity contribution in [3.05, 3.63) is 29.8 Å². The highest BCUT2D eigenvalue weighted by molar-refractivity contribution is 5.69. The van der Waals surface area contributed by atoms with E-state index in [2.05, 4.69) is 9.72 Å². The van der Waals surface area contributed by atoms with Gasteiger partial charge < -0.3 is 4.74 Å². The van der Waals surface area contributed by atoms with E-state index in [0.29, 0.717) is 12.0 Å². The van der Waals surface area contributed by atoms with Crippen LogP contribution in [0.25, 0.3) is 0 Å². The third-order valence-electron chi connectivity index (χ3n) is 1.61. The highest BCUT2D eigenvalue weighted by Crippen LogP contribution is 2.04. The van der Waals surface area contributed by atoms with Crippen LogP contribution in [-0.4, -0.2) is 18.1 Å². The Morgan fingerprint density at radius 1 is 1.62 bits per heavy atom. The summed E-state index contributed by atoms with van der Waals surface area (Å²) in [7, 11) is 1.33. The van der Waals surface area contributed by atoms with Gasteiger partial charge in [-0.1, -0.05) is 0 Å². The number of ether oxygens (including phenoxy) is 1.